The zero-order valence-electron chi connectivity index (χ0n) is 10.8. The molecular weight excluding hydrogens is 240 g/mol. The molecule has 2 aromatic heterocycles. The quantitative estimate of drug-likeness (QED) is 0.909. The SMILES string of the molecule is O[C@H]1CCN(Cc2ccoc2)[C@H]1Cc1cccnc1. The Hall–Kier alpha value is -1.65. The molecule has 1 aliphatic heterocycles. The van der Waals surface area contributed by atoms with Crippen LogP contribution in [-0.4, -0.2) is 33.7 Å². The van der Waals surface area contributed by atoms with Crippen LogP contribution in [0.15, 0.2) is 47.5 Å². The van der Waals surface area contributed by atoms with E-state index in [1.165, 1.54) is 5.56 Å². The van der Waals surface area contributed by atoms with Gasteiger partial charge in [0.2, 0.25) is 0 Å². The number of hydrogen-bond acceptors (Lipinski definition) is 4. The summed E-state index contributed by atoms with van der Waals surface area (Å²) in [6, 6.07) is 6.15. The number of aliphatic hydroxyl groups excluding tert-OH is 1. The zero-order valence-corrected chi connectivity index (χ0v) is 10.8. The summed E-state index contributed by atoms with van der Waals surface area (Å²) in [5, 5.41) is 10.2. The van der Waals surface area contributed by atoms with Crippen molar-refractivity contribution in [3.05, 3.63) is 54.2 Å². The lowest BCUT2D eigenvalue weighted by Crippen LogP contribution is -2.36. The van der Waals surface area contributed by atoms with E-state index in [4.69, 9.17) is 4.42 Å². The molecule has 1 N–H and O–H groups in total. The Morgan fingerprint density at radius 2 is 2.32 bits per heavy atom. The van der Waals surface area contributed by atoms with E-state index in [0.717, 1.165) is 31.5 Å². The molecule has 3 heterocycles. The van der Waals surface area contributed by atoms with E-state index in [1.807, 2.05) is 18.3 Å². The molecule has 0 spiro atoms. The van der Waals surface area contributed by atoms with Crippen LogP contribution >= 0.6 is 0 Å². The lowest BCUT2D eigenvalue weighted by molar-refractivity contribution is 0.112. The standard InChI is InChI=1S/C15H18N2O2/c18-15-3-6-17(10-13-4-7-19-11-13)14(15)8-12-2-1-5-16-9-12/h1-2,4-5,7,9,11,14-15,18H,3,6,8,10H2/t14-,15-/m0/s1. The van der Waals surface area contributed by atoms with Crippen LogP contribution in [0.4, 0.5) is 0 Å². The van der Waals surface area contributed by atoms with Crippen LogP contribution < -0.4 is 0 Å². The van der Waals surface area contributed by atoms with Gasteiger partial charge < -0.3 is 9.52 Å². The molecule has 100 valence electrons. The fourth-order valence-electron chi connectivity index (χ4n) is 2.74. The van der Waals surface area contributed by atoms with Crippen molar-refractivity contribution in [2.45, 2.75) is 31.5 Å². The first-order valence-corrected chi connectivity index (χ1v) is 6.65. The Labute approximate surface area is 112 Å². The fourth-order valence-corrected chi connectivity index (χ4v) is 2.74. The molecule has 0 amide bonds. The molecule has 0 aromatic carbocycles. The van der Waals surface area contributed by atoms with Crippen LogP contribution in [0.2, 0.25) is 0 Å². The predicted molar refractivity (Wildman–Crippen MR) is 71.5 cm³/mol. The van der Waals surface area contributed by atoms with Gasteiger partial charge in [-0.1, -0.05) is 6.07 Å². The third-order valence-electron chi connectivity index (χ3n) is 3.76. The largest absolute Gasteiger partial charge is 0.472 e. The normalized spacial score (nSPS) is 23.8. The molecule has 0 unspecified atom stereocenters. The van der Waals surface area contributed by atoms with Gasteiger partial charge in [-0.3, -0.25) is 9.88 Å². The summed E-state index contributed by atoms with van der Waals surface area (Å²) in [6.07, 6.45) is 8.53. The van der Waals surface area contributed by atoms with Gasteiger partial charge in [0, 0.05) is 37.1 Å². The number of aromatic nitrogens is 1. The minimum atomic E-state index is -0.257. The van der Waals surface area contributed by atoms with Gasteiger partial charge in [-0.25, -0.2) is 0 Å². The molecule has 19 heavy (non-hydrogen) atoms. The lowest BCUT2D eigenvalue weighted by atomic mass is 10.0. The maximum atomic E-state index is 10.2. The summed E-state index contributed by atoms with van der Waals surface area (Å²) >= 11 is 0. The smallest absolute Gasteiger partial charge is 0.0947 e. The molecule has 1 fully saturated rings. The Morgan fingerprint density at radius 3 is 3.05 bits per heavy atom. The van der Waals surface area contributed by atoms with E-state index in [2.05, 4.69) is 16.0 Å². The summed E-state index contributed by atoms with van der Waals surface area (Å²) in [6.45, 7) is 1.76. The van der Waals surface area contributed by atoms with Crippen LogP contribution in [0, 0.1) is 0 Å². The maximum absolute atomic E-state index is 10.2. The van der Waals surface area contributed by atoms with Crippen molar-refractivity contribution in [3.63, 3.8) is 0 Å². The molecule has 4 heteroatoms. The van der Waals surface area contributed by atoms with Crippen molar-refractivity contribution in [1.82, 2.24) is 9.88 Å². The number of hydrogen-bond donors (Lipinski definition) is 1. The highest BCUT2D eigenvalue weighted by atomic mass is 16.3. The van der Waals surface area contributed by atoms with E-state index in [0.29, 0.717) is 0 Å². The van der Waals surface area contributed by atoms with E-state index in [9.17, 15) is 5.11 Å². The topological polar surface area (TPSA) is 49.5 Å². The molecule has 1 saturated heterocycles. The molecule has 2 atom stereocenters. The number of pyridine rings is 1. The van der Waals surface area contributed by atoms with Gasteiger partial charge >= 0.3 is 0 Å². The minimum absolute atomic E-state index is 0.166. The summed E-state index contributed by atoms with van der Waals surface area (Å²) in [4.78, 5) is 6.46. The Morgan fingerprint density at radius 1 is 1.37 bits per heavy atom. The average molecular weight is 258 g/mol. The van der Waals surface area contributed by atoms with Crippen LogP contribution in [0.3, 0.4) is 0 Å². The molecule has 0 bridgehead atoms. The second-order valence-electron chi connectivity index (χ2n) is 5.09. The van der Waals surface area contributed by atoms with Gasteiger partial charge in [-0.2, -0.15) is 0 Å². The molecule has 4 nitrogen and oxygen atoms in total. The molecule has 2 aromatic rings. The number of nitrogens with zero attached hydrogens (tertiary/aromatic N) is 2. The van der Waals surface area contributed by atoms with Crippen LogP contribution in [0.25, 0.3) is 0 Å². The van der Waals surface area contributed by atoms with Crippen molar-refractivity contribution in [3.8, 4) is 0 Å². The van der Waals surface area contributed by atoms with Crippen molar-refractivity contribution < 1.29 is 9.52 Å². The number of rotatable bonds is 4. The highest BCUT2D eigenvalue weighted by Gasteiger charge is 2.32. The van der Waals surface area contributed by atoms with E-state index in [-0.39, 0.29) is 12.1 Å². The molecule has 0 aliphatic carbocycles. The average Bonchev–Trinajstić information content (AvgIpc) is 3.05. The second kappa shape index (κ2) is 5.55. The number of aliphatic hydroxyl groups is 1. The third-order valence-corrected chi connectivity index (χ3v) is 3.76. The zero-order chi connectivity index (χ0) is 13.1. The Bertz CT molecular complexity index is 498. The third kappa shape index (κ3) is 2.85. The Balaban J connectivity index is 1.70. The maximum Gasteiger partial charge on any atom is 0.0947 e. The highest BCUT2D eigenvalue weighted by Crippen LogP contribution is 2.23. The number of likely N-dealkylation sites (tertiary alicyclic amines) is 1. The van der Waals surface area contributed by atoms with Gasteiger partial charge in [0.05, 0.1) is 18.6 Å². The van der Waals surface area contributed by atoms with Crippen LogP contribution in [0.5, 0.6) is 0 Å². The molecule has 0 saturated carbocycles. The van der Waals surface area contributed by atoms with Gasteiger partial charge in [0.1, 0.15) is 0 Å². The number of furan rings is 1. The molecule has 3 rings (SSSR count). The highest BCUT2D eigenvalue weighted by molar-refractivity contribution is 5.13. The lowest BCUT2D eigenvalue weighted by Gasteiger charge is -2.25. The van der Waals surface area contributed by atoms with Crippen molar-refractivity contribution >= 4 is 0 Å². The van der Waals surface area contributed by atoms with E-state index in [1.54, 1.807) is 18.7 Å². The van der Waals surface area contributed by atoms with Gasteiger partial charge in [0.15, 0.2) is 0 Å². The first-order chi connectivity index (χ1) is 9.33. The summed E-state index contributed by atoms with van der Waals surface area (Å²) in [7, 11) is 0. The predicted octanol–water partition coefficient (Wildman–Crippen LogP) is 1.85. The molecule has 0 radical (unpaired) electrons. The second-order valence-corrected chi connectivity index (χ2v) is 5.09. The molecule has 1 aliphatic rings. The van der Waals surface area contributed by atoms with E-state index >= 15 is 0 Å². The van der Waals surface area contributed by atoms with Crippen LogP contribution in [0.1, 0.15) is 17.5 Å². The van der Waals surface area contributed by atoms with Gasteiger partial charge in [-0.15, -0.1) is 0 Å². The Kier molecular flexibility index (Phi) is 3.62. The van der Waals surface area contributed by atoms with Crippen LogP contribution in [-0.2, 0) is 13.0 Å². The fraction of sp³-hybridized carbons (Fsp3) is 0.400. The van der Waals surface area contributed by atoms with Crippen molar-refractivity contribution in [1.29, 1.82) is 0 Å². The van der Waals surface area contributed by atoms with Gasteiger partial charge in [0.25, 0.3) is 0 Å². The monoisotopic (exact) mass is 258 g/mol. The van der Waals surface area contributed by atoms with Crippen molar-refractivity contribution in [2.75, 3.05) is 6.54 Å². The summed E-state index contributed by atoms with van der Waals surface area (Å²) in [5.74, 6) is 0. The van der Waals surface area contributed by atoms with E-state index < -0.39 is 0 Å². The summed E-state index contributed by atoms with van der Waals surface area (Å²) in [5.41, 5.74) is 2.33. The molecular formula is C15H18N2O2. The first kappa shape index (κ1) is 12.4. The minimum Gasteiger partial charge on any atom is -0.472 e. The van der Waals surface area contributed by atoms with Gasteiger partial charge in [-0.05, 0) is 30.5 Å². The summed E-state index contributed by atoms with van der Waals surface area (Å²) < 4.78 is 5.11. The van der Waals surface area contributed by atoms with Crippen molar-refractivity contribution in [2.24, 2.45) is 0 Å². The first-order valence-electron chi connectivity index (χ1n) is 6.65.